The van der Waals surface area contributed by atoms with E-state index >= 15 is 0 Å². The first-order valence-corrected chi connectivity index (χ1v) is 5.62. The van der Waals surface area contributed by atoms with Crippen LogP contribution in [0, 0.1) is 5.92 Å². The minimum atomic E-state index is 0.593. The topological polar surface area (TPSA) is 42.2 Å². The molecule has 3 nitrogen and oxygen atoms in total. The van der Waals surface area contributed by atoms with Gasteiger partial charge in [-0.15, -0.1) is 0 Å². The fraction of sp³-hybridized carbons (Fsp3) is 0.583. The van der Waals surface area contributed by atoms with Gasteiger partial charge in [0.2, 0.25) is 0 Å². The Morgan fingerprint density at radius 3 is 2.93 bits per heavy atom. The Bertz CT molecular complexity index is 337. The average Bonchev–Trinajstić information content (AvgIpc) is 2.57. The van der Waals surface area contributed by atoms with Gasteiger partial charge in [0, 0.05) is 25.3 Å². The Hall–Kier alpha value is -1.09. The number of pyridine rings is 1. The molecule has 2 heterocycles. The highest BCUT2D eigenvalue weighted by atomic mass is 15.2. The van der Waals surface area contributed by atoms with Crippen LogP contribution in [0.15, 0.2) is 18.5 Å². The summed E-state index contributed by atoms with van der Waals surface area (Å²) in [6.45, 7) is 6.29. The molecule has 1 saturated heterocycles. The van der Waals surface area contributed by atoms with Crippen LogP contribution in [0.4, 0.5) is 5.69 Å². The van der Waals surface area contributed by atoms with E-state index in [-0.39, 0.29) is 0 Å². The Morgan fingerprint density at radius 2 is 2.33 bits per heavy atom. The van der Waals surface area contributed by atoms with E-state index in [4.69, 9.17) is 5.73 Å². The van der Waals surface area contributed by atoms with Crippen LogP contribution in [0.1, 0.15) is 25.8 Å². The molecule has 2 rings (SSSR count). The van der Waals surface area contributed by atoms with Gasteiger partial charge in [-0.3, -0.25) is 4.98 Å². The van der Waals surface area contributed by atoms with E-state index in [0.29, 0.717) is 12.6 Å². The second-order valence-corrected chi connectivity index (χ2v) is 4.55. The summed E-state index contributed by atoms with van der Waals surface area (Å²) in [4.78, 5) is 6.63. The number of hydrogen-bond acceptors (Lipinski definition) is 3. The molecule has 0 spiro atoms. The Kier molecular flexibility index (Phi) is 2.91. The number of aromatic nitrogens is 1. The summed E-state index contributed by atoms with van der Waals surface area (Å²) in [5, 5.41) is 0. The lowest BCUT2D eigenvalue weighted by molar-refractivity contribution is 0.625. The molecule has 2 atom stereocenters. The van der Waals surface area contributed by atoms with Crippen LogP contribution in [0.3, 0.4) is 0 Å². The van der Waals surface area contributed by atoms with Crippen molar-refractivity contribution in [1.82, 2.24) is 4.98 Å². The summed E-state index contributed by atoms with van der Waals surface area (Å²) in [6, 6.07) is 2.62. The molecular weight excluding hydrogens is 186 g/mol. The van der Waals surface area contributed by atoms with Crippen LogP contribution in [-0.2, 0) is 6.54 Å². The SMILES string of the molecule is CC1CC(C)N(c2cnccc2CN)C1. The zero-order valence-corrected chi connectivity index (χ0v) is 9.48. The molecule has 0 bridgehead atoms. The number of nitrogens with two attached hydrogens (primary N) is 1. The quantitative estimate of drug-likeness (QED) is 0.800. The third-order valence-electron chi connectivity index (χ3n) is 3.20. The predicted molar refractivity (Wildman–Crippen MR) is 62.7 cm³/mol. The second-order valence-electron chi connectivity index (χ2n) is 4.55. The lowest BCUT2D eigenvalue weighted by Gasteiger charge is -2.25. The molecule has 1 aliphatic rings. The lowest BCUT2D eigenvalue weighted by Crippen LogP contribution is -2.28. The van der Waals surface area contributed by atoms with Crippen molar-refractivity contribution in [2.75, 3.05) is 11.4 Å². The Labute approximate surface area is 91.3 Å². The zero-order valence-electron chi connectivity index (χ0n) is 9.48. The highest BCUT2D eigenvalue weighted by molar-refractivity contribution is 5.53. The molecule has 3 heteroatoms. The predicted octanol–water partition coefficient (Wildman–Crippen LogP) is 1.77. The van der Waals surface area contributed by atoms with E-state index in [1.807, 2.05) is 18.5 Å². The smallest absolute Gasteiger partial charge is 0.0600 e. The lowest BCUT2D eigenvalue weighted by atomic mass is 10.1. The first-order valence-electron chi connectivity index (χ1n) is 5.62. The summed E-state index contributed by atoms with van der Waals surface area (Å²) < 4.78 is 0. The van der Waals surface area contributed by atoms with E-state index in [9.17, 15) is 0 Å². The first kappa shape index (κ1) is 10.4. The fourth-order valence-corrected chi connectivity index (χ4v) is 2.48. The van der Waals surface area contributed by atoms with Gasteiger partial charge in [0.15, 0.2) is 0 Å². The van der Waals surface area contributed by atoms with Gasteiger partial charge >= 0.3 is 0 Å². The fourth-order valence-electron chi connectivity index (χ4n) is 2.48. The third kappa shape index (κ3) is 1.97. The summed E-state index contributed by atoms with van der Waals surface area (Å²) in [6.07, 6.45) is 5.02. The van der Waals surface area contributed by atoms with Gasteiger partial charge in [0.1, 0.15) is 0 Å². The molecule has 1 fully saturated rings. The summed E-state index contributed by atoms with van der Waals surface area (Å²) in [7, 11) is 0. The molecule has 82 valence electrons. The molecule has 0 saturated carbocycles. The Morgan fingerprint density at radius 1 is 1.53 bits per heavy atom. The van der Waals surface area contributed by atoms with Gasteiger partial charge < -0.3 is 10.6 Å². The van der Waals surface area contributed by atoms with Crippen molar-refractivity contribution in [3.05, 3.63) is 24.0 Å². The maximum Gasteiger partial charge on any atom is 0.0600 e. The van der Waals surface area contributed by atoms with Gasteiger partial charge in [-0.25, -0.2) is 0 Å². The number of hydrogen-bond donors (Lipinski definition) is 1. The van der Waals surface area contributed by atoms with E-state index < -0.39 is 0 Å². The molecule has 1 aliphatic heterocycles. The zero-order chi connectivity index (χ0) is 10.8. The summed E-state index contributed by atoms with van der Waals surface area (Å²) in [5.74, 6) is 0.769. The largest absolute Gasteiger partial charge is 0.367 e. The Balaban J connectivity index is 2.29. The minimum absolute atomic E-state index is 0.593. The van der Waals surface area contributed by atoms with Crippen LogP contribution in [-0.4, -0.2) is 17.6 Å². The molecule has 0 aliphatic carbocycles. The van der Waals surface area contributed by atoms with Gasteiger partial charge in [0.25, 0.3) is 0 Å². The average molecular weight is 205 g/mol. The van der Waals surface area contributed by atoms with Crippen molar-refractivity contribution in [2.24, 2.45) is 11.7 Å². The van der Waals surface area contributed by atoms with E-state index in [1.165, 1.54) is 17.7 Å². The van der Waals surface area contributed by atoms with Crippen molar-refractivity contribution < 1.29 is 0 Å². The van der Waals surface area contributed by atoms with E-state index in [2.05, 4.69) is 23.7 Å². The third-order valence-corrected chi connectivity index (χ3v) is 3.20. The van der Waals surface area contributed by atoms with Crippen molar-refractivity contribution >= 4 is 5.69 Å². The number of nitrogens with zero attached hydrogens (tertiary/aromatic N) is 2. The maximum absolute atomic E-state index is 5.74. The molecule has 2 unspecified atom stereocenters. The number of anilines is 1. The van der Waals surface area contributed by atoms with Crippen molar-refractivity contribution in [2.45, 2.75) is 32.9 Å². The summed E-state index contributed by atoms with van der Waals surface area (Å²) >= 11 is 0. The van der Waals surface area contributed by atoms with Gasteiger partial charge in [0.05, 0.1) is 11.9 Å². The van der Waals surface area contributed by atoms with E-state index in [1.54, 1.807) is 0 Å². The normalized spacial score (nSPS) is 25.9. The highest BCUT2D eigenvalue weighted by Gasteiger charge is 2.27. The van der Waals surface area contributed by atoms with Crippen LogP contribution >= 0.6 is 0 Å². The van der Waals surface area contributed by atoms with Crippen molar-refractivity contribution in [1.29, 1.82) is 0 Å². The molecule has 0 amide bonds. The molecule has 0 aromatic carbocycles. The van der Waals surface area contributed by atoms with Gasteiger partial charge in [-0.2, -0.15) is 0 Å². The molecule has 1 aromatic heterocycles. The summed E-state index contributed by atoms with van der Waals surface area (Å²) in [5.41, 5.74) is 8.16. The van der Waals surface area contributed by atoms with Crippen molar-refractivity contribution in [3.63, 3.8) is 0 Å². The molecule has 2 N–H and O–H groups in total. The van der Waals surface area contributed by atoms with Crippen molar-refractivity contribution in [3.8, 4) is 0 Å². The van der Waals surface area contributed by atoms with Crippen LogP contribution < -0.4 is 10.6 Å². The van der Waals surface area contributed by atoms with Crippen LogP contribution in [0.2, 0.25) is 0 Å². The second kappa shape index (κ2) is 4.19. The molecule has 1 aromatic rings. The first-order chi connectivity index (χ1) is 7.22. The van der Waals surface area contributed by atoms with Gasteiger partial charge in [-0.05, 0) is 30.9 Å². The standard InChI is InChI=1S/C12H19N3/c1-9-5-10(2)15(8-9)12-7-14-4-3-11(12)6-13/h3-4,7,9-10H,5-6,8,13H2,1-2H3. The van der Waals surface area contributed by atoms with Crippen LogP contribution in [0.5, 0.6) is 0 Å². The molecule has 15 heavy (non-hydrogen) atoms. The van der Waals surface area contributed by atoms with Crippen LogP contribution in [0.25, 0.3) is 0 Å². The molecular formula is C12H19N3. The molecule has 0 radical (unpaired) electrons. The number of rotatable bonds is 2. The maximum atomic E-state index is 5.74. The van der Waals surface area contributed by atoms with Gasteiger partial charge in [-0.1, -0.05) is 6.92 Å². The monoisotopic (exact) mass is 205 g/mol. The highest BCUT2D eigenvalue weighted by Crippen LogP contribution is 2.30. The van der Waals surface area contributed by atoms with E-state index in [0.717, 1.165) is 12.5 Å². The minimum Gasteiger partial charge on any atom is -0.367 e.